The third-order valence-corrected chi connectivity index (χ3v) is 5.98. The molecule has 0 radical (unpaired) electrons. The van der Waals surface area contributed by atoms with E-state index in [4.69, 9.17) is 5.73 Å². The second-order valence-corrected chi connectivity index (χ2v) is 7.54. The van der Waals surface area contributed by atoms with Gasteiger partial charge in [0.1, 0.15) is 0 Å². The van der Waals surface area contributed by atoms with Crippen LogP contribution in [0.2, 0.25) is 0 Å². The number of hydrogen-bond acceptors (Lipinski definition) is 4. The number of rotatable bonds is 5. The molecule has 3 N–H and O–H groups in total. The lowest BCUT2D eigenvalue weighted by Gasteiger charge is -2.35. The molecule has 24 heavy (non-hydrogen) atoms. The standard InChI is InChI=1S/C17H25N3O2S.ClH/c18-8-7-16(21)19-11-13-5-1-2-9-20(13)17(22)15-10-12-4-3-6-14(12)23-15;/h10,13H,1-9,11,18H2,(H,19,21);1H. The number of nitrogens with one attached hydrogen (secondary N) is 1. The van der Waals surface area contributed by atoms with Gasteiger partial charge in [0.25, 0.3) is 5.91 Å². The number of hydrogen-bond donors (Lipinski definition) is 2. The number of fused-ring (bicyclic) bond motifs is 1. The lowest BCUT2D eigenvalue weighted by atomic mass is 10.0. The van der Waals surface area contributed by atoms with Crippen molar-refractivity contribution in [3.05, 3.63) is 21.4 Å². The zero-order valence-electron chi connectivity index (χ0n) is 13.9. The van der Waals surface area contributed by atoms with Crippen molar-refractivity contribution in [2.75, 3.05) is 19.6 Å². The van der Waals surface area contributed by atoms with E-state index < -0.39 is 0 Å². The van der Waals surface area contributed by atoms with Crippen LogP contribution in [0.3, 0.4) is 0 Å². The van der Waals surface area contributed by atoms with E-state index in [1.807, 2.05) is 4.90 Å². The van der Waals surface area contributed by atoms with Gasteiger partial charge in [-0.05, 0) is 50.2 Å². The first-order valence-electron chi connectivity index (χ1n) is 8.58. The van der Waals surface area contributed by atoms with Crippen molar-refractivity contribution in [3.8, 4) is 0 Å². The summed E-state index contributed by atoms with van der Waals surface area (Å²) in [6.45, 7) is 1.69. The predicted molar refractivity (Wildman–Crippen MR) is 98.9 cm³/mol. The van der Waals surface area contributed by atoms with E-state index in [1.165, 1.54) is 16.9 Å². The molecule has 1 unspecified atom stereocenters. The minimum absolute atomic E-state index is 0. The fourth-order valence-corrected chi connectivity index (χ4v) is 4.72. The van der Waals surface area contributed by atoms with E-state index in [0.717, 1.165) is 43.5 Å². The van der Waals surface area contributed by atoms with Crippen LogP contribution in [-0.4, -0.2) is 42.4 Å². The average Bonchev–Trinajstić information content (AvgIpc) is 3.14. The fraction of sp³-hybridized carbons (Fsp3) is 0.647. The Labute approximate surface area is 153 Å². The molecule has 1 fully saturated rings. The zero-order chi connectivity index (χ0) is 16.2. The third kappa shape index (κ3) is 4.29. The highest BCUT2D eigenvalue weighted by atomic mass is 35.5. The summed E-state index contributed by atoms with van der Waals surface area (Å²) in [6.07, 6.45) is 6.91. The summed E-state index contributed by atoms with van der Waals surface area (Å²) >= 11 is 1.66. The number of carbonyl (C=O) groups is 2. The van der Waals surface area contributed by atoms with E-state index in [9.17, 15) is 9.59 Å². The van der Waals surface area contributed by atoms with E-state index in [2.05, 4.69) is 11.4 Å². The largest absolute Gasteiger partial charge is 0.354 e. The van der Waals surface area contributed by atoms with Crippen LogP contribution in [0, 0.1) is 0 Å². The first-order valence-corrected chi connectivity index (χ1v) is 9.40. The van der Waals surface area contributed by atoms with Crippen LogP contribution < -0.4 is 11.1 Å². The van der Waals surface area contributed by atoms with E-state index >= 15 is 0 Å². The van der Waals surface area contributed by atoms with Gasteiger partial charge in [-0.25, -0.2) is 0 Å². The van der Waals surface area contributed by atoms with E-state index in [0.29, 0.717) is 19.5 Å². The summed E-state index contributed by atoms with van der Waals surface area (Å²) in [7, 11) is 0. The summed E-state index contributed by atoms with van der Waals surface area (Å²) in [5, 5.41) is 2.92. The summed E-state index contributed by atoms with van der Waals surface area (Å²) in [5.41, 5.74) is 6.76. The van der Waals surface area contributed by atoms with Crippen molar-refractivity contribution < 1.29 is 9.59 Å². The number of thiophene rings is 1. The molecule has 0 aromatic carbocycles. The molecule has 1 aromatic heterocycles. The van der Waals surface area contributed by atoms with Crippen molar-refractivity contribution in [2.45, 2.75) is 51.0 Å². The number of amides is 2. The van der Waals surface area contributed by atoms with Gasteiger partial charge in [-0.3, -0.25) is 9.59 Å². The Balaban J connectivity index is 0.00000208. The van der Waals surface area contributed by atoms with E-state index in [1.54, 1.807) is 11.3 Å². The normalized spacial score (nSPS) is 19.5. The first kappa shape index (κ1) is 19.2. The van der Waals surface area contributed by atoms with E-state index in [-0.39, 0.29) is 30.3 Å². The van der Waals surface area contributed by atoms with Crippen LogP contribution >= 0.6 is 23.7 Å². The second kappa shape index (κ2) is 8.83. The van der Waals surface area contributed by atoms with Gasteiger partial charge < -0.3 is 16.0 Å². The molecule has 1 atom stereocenters. The topological polar surface area (TPSA) is 75.4 Å². The molecular formula is C17H26ClN3O2S. The molecule has 0 saturated carbocycles. The van der Waals surface area contributed by atoms with Crippen LogP contribution in [-0.2, 0) is 17.6 Å². The van der Waals surface area contributed by atoms with Crippen LogP contribution in [0.1, 0.15) is 52.2 Å². The Hall–Kier alpha value is -1.11. The smallest absolute Gasteiger partial charge is 0.264 e. The Morgan fingerprint density at radius 1 is 1.29 bits per heavy atom. The molecule has 1 aromatic rings. The van der Waals surface area contributed by atoms with Gasteiger partial charge in [0.2, 0.25) is 5.91 Å². The molecular weight excluding hydrogens is 346 g/mol. The number of likely N-dealkylation sites (tertiary alicyclic amines) is 1. The van der Waals surface area contributed by atoms with Crippen LogP contribution in [0.4, 0.5) is 0 Å². The maximum Gasteiger partial charge on any atom is 0.264 e. The van der Waals surface area contributed by atoms with Gasteiger partial charge in [-0.15, -0.1) is 23.7 Å². The van der Waals surface area contributed by atoms with Gasteiger partial charge in [-0.2, -0.15) is 0 Å². The van der Waals surface area contributed by atoms with Crippen molar-refractivity contribution in [1.82, 2.24) is 10.2 Å². The number of halogens is 1. The molecule has 0 bridgehead atoms. The SMILES string of the molecule is Cl.NCCC(=O)NCC1CCCCN1C(=O)c1cc2c(s1)CCC2. The minimum Gasteiger partial charge on any atom is -0.354 e. The molecule has 1 aliphatic heterocycles. The number of aryl methyl sites for hydroxylation is 2. The number of nitrogens with zero attached hydrogens (tertiary/aromatic N) is 1. The van der Waals surface area contributed by atoms with Crippen LogP contribution in [0.5, 0.6) is 0 Å². The summed E-state index contributed by atoms with van der Waals surface area (Å²) in [4.78, 5) is 28.7. The fourth-order valence-electron chi connectivity index (χ4n) is 3.51. The Morgan fingerprint density at radius 3 is 2.88 bits per heavy atom. The molecule has 2 amide bonds. The van der Waals surface area contributed by atoms with Crippen LogP contribution in [0.25, 0.3) is 0 Å². The molecule has 1 aliphatic carbocycles. The van der Waals surface area contributed by atoms with Crippen molar-refractivity contribution in [2.24, 2.45) is 5.73 Å². The van der Waals surface area contributed by atoms with Crippen molar-refractivity contribution in [3.63, 3.8) is 0 Å². The Morgan fingerprint density at radius 2 is 2.12 bits per heavy atom. The van der Waals surface area contributed by atoms with Gasteiger partial charge in [0.15, 0.2) is 0 Å². The highest BCUT2D eigenvalue weighted by Gasteiger charge is 2.29. The maximum absolute atomic E-state index is 12.9. The number of piperidine rings is 1. The highest BCUT2D eigenvalue weighted by molar-refractivity contribution is 7.14. The molecule has 3 rings (SSSR count). The monoisotopic (exact) mass is 371 g/mol. The highest BCUT2D eigenvalue weighted by Crippen LogP contribution is 2.32. The predicted octanol–water partition coefficient (Wildman–Crippen LogP) is 2.12. The molecule has 7 heteroatoms. The zero-order valence-corrected chi connectivity index (χ0v) is 15.5. The second-order valence-electron chi connectivity index (χ2n) is 6.40. The number of carbonyl (C=O) groups excluding carboxylic acids is 2. The Kier molecular flexibility index (Phi) is 7.07. The van der Waals surface area contributed by atoms with Gasteiger partial charge in [-0.1, -0.05) is 0 Å². The number of nitrogens with two attached hydrogens (primary N) is 1. The Bertz CT molecular complexity index is 569. The van der Waals surface area contributed by atoms with Gasteiger partial charge in [0, 0.05) is 37.0 Å². The molecule has 134 valence electrons. The quantitative estimate of drug-likeness (QED) is 0.832. The summed E-state index contributed by atoms with van der Waals surface area (Å²) in [5.74, 6) is 0.114. The molecule has 2 heterocycles. The minimum atomic E-state index is -0.0272. The van der Waals surface area contributed by atoms with Gasteiger partial charge in [0.05, 0.1) is 4.88 Å². The molecule has 1 saturated heterocycles. The lowest BCUT2D eigenvalue weighted by molar-refractivity contribution is -0.121. The summed E-state index contributed by atoms with van der Waals surface area (Å²) in [6, 6.07) is 2.20. The van der Waals surface area contributed by atoms with Crippen molar-refractivity contribution >= 4 is 35.6 Å². The molecule has 0 spiro atoms. The molecule has 2 aliphatic rings. The van der Waals surface area contributed by atoms with Crippen LogP contribution in [0.15, 0.2) is 6.07 Å². The average molecular weight is 372 g/mol. The lowest BCUT2D eigenvalue weighted by Crippen LogP contribution is -2.49. The third-order valence-electron chi connectivity index (χ3n) is 4.75. The van der Waals surface area contributed by atoms with Gasteiger partial charge >= 0.3 is 0 Å². The summed E-state index contributed by atoms with van der Waals surface area (Å²) < 4.78 is 0. The first-order chi connectivity index (χ1) is 11.2. The molecule has 5 nitrogen and oxygen atoms in total. The van der Waals surface area contributed by atoms with Crippen molar-refractivity contribution in [1.29, 1.82) is 0 Å². The maximum atomic E-state index is 12.9.